The summed E-state index contributed by atoms with van der Waals surface area (Å²) in [5.74, 6) is 0.619. The Morgan fingerprint density at radius 2 is 2.33 bits per heavy atom. The van der Waals surface area contributed by atoms with Gasteiger partial charge in [-0.05, 0) is 13.0 Å². The summed E-state index contributed by atoms with van der Waals surface area (Å²) in [6, 6.07) is 0. The first-order chi connectivity index (χ1) is 7.18. The smallest absolute Gasteiger partial charge is 0.177 e. The van der Waals surface area contributed by atoms with Crippen molar-refractivity contribution in [3.05, 3.63) is 54.7 Å². The van der Waals surface area contributed by atoms with Crippen LogP contribution in [0.4, 0.5) is 0 Å². The predicted octanol–water partition coefficient (Wildman–Crippen LogP) is 1.92. The van der Waals surface area contributed by atoms with Crippen LogP contribution in [0.25, 0.3) is 0 Å². The Morgan fingerprint density at radius 1 is 1.53 bits per heavy atom. The van der Waals surface area contributed by atoms with Gasteiger partial charge in [0, 0.05) is 12.4 Å². The van der Waals surface area contributed by atoms with E-state index in [1.807, 2.05) is 19.1 Å². The average molecular weight is 200 g/mol. The van der Waals surface area contributed by atoms with E-state index < -0.39 is 5.41 Å². The number of nitrogens with one attached hydrogen (secondary N) is 1. The summed E-state index contributed by atoms with van der Waals surface area (Å²) in [6.45, 7) is 5.73. The van der Waals surface area contributed by atoms with Gasteiger partial charge >= 0.3 is 0 Å². The van der Waals surface area contributed by atoms with E-state index in [0.717, 1.165) is 5.57 Å². The molecule has 0 aromatic carbocycles. The van der Waals surface area contributed by atoms with Crippen molar-refractivity contribution in [1.82, 2.24) is 9.97 Å². The van der Waals surface area contributed by atoms with Gasteiger partial charge < -0.3 is 4.98 Å². The molecule has 1 N–H and O–H groups in total. The summed E-state index contributed by atoms with van der Waals surface area (Å²) in [4.78, 5) is 19.1. The molecule has 0 radical (unpaired) electrons. The molecule has 1 aromatic heterocycles. The molecule has 1 aromatic rings. The molecular formula is C12H12N2O. The van der Waals surface area contributed by atoms with E-state index in [1.54, 1.807) is 24.5 Å². The molecule has 15 heavy (non-hydrogen) atoms. The lowest BCUT2D eigenvalue weighted by molar-refractivity contribution is -0.117. The summed E-state index contributed by atoms with van der Waals surface area (Å²) < 4.78 is 0. The van der Waals surface area contributed by atoms with Gasteiger partial charge in [0.2, 0.25) is 0 Å². The highest BCUT2D eigenvalue weighted by Crippen LogP contribution is 2.33. The maximum atomic E-state index is 12.0. The molecule has 0 spiro atoms. The molecule has 2 rings (SSSR count). The van der Waals surface area contributed by atoms with Gasteiger partial charge in [0.05, 0.1) is 0 Å². The summed E-state index contributed by atoms with van der Waals surface area (Å²) >= 11 is 0. The van der Waals surface area contributed by atoms with Crippen LogP contribution in [0.1, 0.15) is 12.7 Å². The highest BCUT2D eigenvalue weighted by Gasteiger charge is 2.40. The molecule has 0 aliphatic heterocycles. The highest BCUT2D eigenvalue weighted by molar-refractivity contribution is 6.04. The second kappa shape index (κ2) is 3.35. The van der Waals surface area contributed by atoms with Gasteiger partial charge in [-0.3, -0.25) is 4.79 Å². The molecule has 0 saturated heterocycles. The monoisotopic (exact) mass is 200 g/mol. The van der Waals surface area contributed by atoms with Gasteiger partial charge in [-0.15, -0.1) is 0 Å². The summed E-state index contributed by atoms with van der Waals surface area (Å²) in [6.07, 6.45) is 10.3. The number of imidazole rings is 1. The Kier molecular flexibility index (Phi) is 2.15. The van der Waals surface area contributed by atoms with Crippen molar-refractivity contribution in [2.45, 2.75) is 12.3 Å². The van der Waals surface area contributed by atoms with Crippen LogP contribution in [-0.2, 0) is 10.2 Å². The highest BCUT2D eigenvalue weighted by atomic mass is 16.1. The first-order valence-electron chi connectivity index (χ1n) is 4.74. The molecule has 1 heterocycles. The number of allylic oxidation sites excluding steroid dienone is 5. The minimum Gasteiger partial charge on any atom is -0.347 e. The molecule has 0 bridgehead atoms. The first kappa shape index (κ1) is 9.65. The second-order valence-electron chi connectivity index (χ2n) is 3.61. The molecule has 3 nitrogen and oxygen atoms in total. The van der Waals surface area contributed by atoms with Crippen molar-refractivity contribution in [2.24, 2.45) is 0 Å². The fourth-order valence-electron chi connectivity index (χ4n) is 1.79. The standard InChI is InChI=1S/C12H12N2O/c1-9(2)12(11-13-7-8-14-11)6-4-3-5-10(12)15/h3-8H,1H2,2H3,(H,13,14). The lowest BCUT2D eigenvalue weighted by Gasteiger charge is -2.27. The maximum Gasteiger partial charge on any atom is 0.177 e. The van der Waals surface area contributed by atoms with Gasteiger partial charge in [0.25, 0.3) is 0 Å². The van der Waals surface area contributed by atoms with E-state index in [0.29, 0.717) is 5.82 Å². The number of carbonyl (C=O) groups is 1. The molecule has 1 aliphatic rings. The van der Waals surface area contributed by atoms with Crippen LogP contribution in [0, 0.1) is 0 Å². The van der Waals surface area contributed by atoms with Crippen LogP contribution < -0.4 is 0 Å². The molecule has 1 aliphatic carbocycles. The van der Waals surface area contributed by atoms with Gasteiger partial charge in [0.1, 0.15) is 11.2 Å². The Balaban J connectivity index is 2.61. The van der Waals surface area contributed by atoms with E-state index in [9.17, 15) is 4.79 Å². The Morgan fingerprint density at radius 3 is 2.87 bits per heavy atom. The third kappa shape index (κ3) is 1.28. The van der Waals surface area contributed by atoms with Crippen molar-refractivity contribution in [1.29, 1.82) is 0 Å². The third-order valence-electron chi connectivity index (χ3n) is 2.64. The molecule has 0 saturated carbocycles. The van der Waals surface area contributed by atoms with Gasteiger partial charge in [-0.25, -0.2) is 4.98 Å². The minimum absolute atomic E-state index is 0.00699. The van der Waals surface area contributed by atoms with Crippen LogP contribution in [0.15, 0.2) is 48.8 Å². The third-order valence-corrected chi connectivity index (χ3v) is 2.64. The minimum atomic E-state index is -0.807. The number of nitrogens with zero attached hydrogens (tertiary/aromatic N) is 1. The van der Waals surface area contributed by atoms with Gasteiger partial charge in [0.15, 0.2) is 5.78 Å². The molecule has 3 heteroatoms. The number of aromatic nitrogens is 2. The SMILES string of the molecule is C=C(C)C1(c2ncc[nH]2)C=CC=CC1=O. The number of hydrogen-bond acceptors (Lipinski definition) is 2. The maximum absolute atomic E-state index is 12.0. The molecule has 1 atom stereocenters. The lowest BCUT2D eigenvalue weighted by atomic mass is 9.74. The van der Waals surface area contributed by atoms with Crippen molar-refractivity contribution in [3.8, 4) is 0 Å². The normalized spacial score (nSPS) is 24.5. The predicted molar refractivity (Wildman–Crippen MR) is 58.4 cm³/mol. The quantitative estimate of drug-likeness (QED) is 0.741. The largest absolute Gasteiger partial charge is 0.347 e. The van der Waals surface area contributed by atoms with Crippen molar-refractivity contribution in [2.75, 3.05) is 0 Å². The van der Waals surface area contributed by atoms with Crippen molar-refractivity contribution < 1.29 is 4.79 Å². The number of rotatable bonds is 2. The molecular weight excluding hydrogens is 188 g/mol. The fraction of sp³-hybridized carbons (Fsp3) is 0.167. The zero-order valence-electron chi connectivity index (χ0n) is 8.53. The zero-order valence-corrected chi connectivity index (χ0v) is 8.53. The van der Waals surface area contributed by atoms with Crippen molar-refractivity contribution in [3.63, 3.8) is 0 Å². The summed E-state index contributed by atoms with van der Waals surface area (Å²) in [7, 11) is 0. The summed E-state index contributed by atoms with van der Waals surface area (Å²) in [5.41, 5.74) is -0.0406. The fourth-order valence-corrected chi connectivity index (χ4v) is 1.79. The Hall–Kier alpha value is -1.90. The van der Waals surface area contributed by atoms with E-state index in [1.165, 1.54) is 0 Å². The topological polar surface area (TPSA) is 45.8 Å². The van der Waals surface area contributed by atoms with Crippen LogP contribution in [0.5, 0.6) is 0 Å². The van der Waals surface area contributed by atoms with E-state index in [-0.39, 0.29) is 5.78 Å². The second-order valence-corrected chi connectivity index (χ2v) is 3.61. The number of hydrogen-bond donors (Lipinski definition) is 1. The molecule has 1 unspecified atom stereocenters. The van der Waals surface area contributed by atoms with Crippen LogP contribution in [0.3, 0.4) is 0 Å². The molecule has 76 valence electrons. The van der Waals surface area contributed by atoms with E-state index in [4.69, 9.17) is 0 Å². The van der Waals surface area contributed by atoms with E-state index in [2.05, 4.69) is 16.5 Å². The number of carbonyl (C=O) groups excluding carboxylic acids is 1. The van der Waals surface area contributed by atoms with E-state index >= 15 is 0 Å². The van der Waals surface area contributed by atoms with Crippen molar-refractivity contribution >= 4 is 5.78 Å². The van der Waals surface area contributed by atoms with Crippen LogP contribution >= 0.6 is 0 Å². The number of ketones is 1. The van der Waals surface area contributed by atoms with Gasteiger partial charge in [-0.1, -0.05) is 30.4 Å². The summed E-state index contributed by atoms with van der Waals surface area (Å²) in [5, 5.41) is 0. The molecule has 0 fully saturated rings. The zero-order chi connectivity index (χ0) is 10.9. The van der Waals surface area contributed by atoms with Crippen LogP contribution in [0.2, 0.25) is 0 Å². The van der Waals surface area contributed by atoms with Gasteiger partial charge in [-0.2, -0.15) is 0 Å². The first-order valence-corrected chi connectivity index (χ1v) is 4.74. The average Bonchev–Trinajstić information content (AvgIpc) is 2.71. The van der Waals surface area contributed by atoms with Crippen LogP contribution in [-0.4, -0.2) is 15.8 Å². The number of H-pyrrole nitrogens is 1. The molecule has 0 amide bonds. The lowest BCUT2D eigenvalue weighted by Crippen LogP contribution is -2.36. The number of aromatic amines is 1. The Labute approximate surface area is 88.2 Å². The Bertz CT molecular complexity index is 454.